The molecule has 21 heavy (non-hydrogen) atoms. The molecule has 0 aliphatic rings. The van der Waals surface area contributed by atoms with Crippen LogP contribution in [-0.4, -0.2) is 9.91 Å². The highest BCUT2D eigenvalue weighted by atomic mass is 79.9. The quantitative estimate of drug-likeness (QED) is 0.544. The fraction of sp³-hybridized carbons (Fsp3) is 0.0714. The molecule has 0 radical (unpaired) electrons. The topological polar surface area (TPSA) is 68.1 Å². The van der Waals surface area contributed by atoms with Crippen molar-refractivity contribution in [3.8, 4) is 0 Å². The maximum atomic E-state index is 11.1. The third-order valence-electron chi connectivity index (χ3n) is 3.07. The summed E-state index contributed by atoms with van der Waals surface area (Å²) in [5.41, 5.74) is 0.935. The molecule has 0 spiro atoms. The molecule has 2 aromatic heterocycles. The molecule has 0 bridgehead atoms. The lowest BCUT2D eigenvalue weighted by molar-refractivity contribution is -0.383. The zero-order valence-corrected chi connectivity index (χ0v) is 13.1. The Morgan fingerprint density at radius 3 is 2.90 bits per heavy atom. The maximum absolute atomic E-state index is 11.1. The molecule has 0 saturated heterocycles. The van der Waals surface area contributed by atoms with E-state index in [2.05, 4.69) is 26.2 Å². The second kappa shape index (κ2) is 5.79. The molecule has 0 aliphatic heterocycles. The third-order valence-corrected chi connectivity index (χ3v) is 4.76. The predicted molar refractivity (Wildman–Crippen MR) is 87.7 cm³/mol. The van der Waals surface area contributed by atoms with Crippen LogP contribution in [0.3, 0.4) is 0 Å². The first-order valence-electron chi connectivity index (χ1n) is 6.13. The van der Waals surface area contributed by atoms with E-state index in [1.54, 1.807) is 35.9 Å². The molecular weight excluding hydrogens is 354 g/mol. The highest BCUT2D eigenvalue weighted by molar-refractivity contribution is 9.10. The number of nitro groups is 1. The number of hydrogen-bond acceptors (Lipinski definition) is 5. The number of pyridine rings is 1. The minimum atomic E-state index is -0.373. The van der Waals surface area contributed by atoms with Crippen molar-refractivity contribution in [3.63, 3.8) is 0 Å². The molecule has 2 heterocycles. The third kappa shape index (κ3) is 2.88. The smallest absolute Gasteiger partial charge is 0.277 e. The van der Waals surface area contributed by atoms with Crippen molar-refractivity contribution in [2.24, 2.45) is 0 Å². The van der Waals surface area contributed by atoms with Gasteiger partial charge in [0.2, 0.25) is 0 Å². The summed E-state index contributed by atoms with van der Waals surface area (Å²) in [5, 5.41) is 17.7. The Bertz CT molecular complexity index is 819. The lowest BCUT2D eigenvalue weighted by Crippen LogP contribution is -1.99. The van der Waals surface area contributed by atoms with Crippen LogP contribution in [0.5, 0.6) is 0 Å². The molecule has 0 saturated carbocycles. The van der Waals surface area contributed by atoms with Crippen LogP contribution in [0.4, 0.5) is 11.4 Å². The van der Waals surface area contributed by atoms with E-state index in [1.807, 2.05) is 11.4 Å². The van der Waals surface area contributed by atoms with Crippen LogP contribution in [0, 0.1) is 10.1 Å². The van der Waals surface area contributed by atoms with E-state index >= 15 is 0 Å². The molecule has 1 N–H and O–H groups in total. The normalized spacial score (nSPS) is 10.7. The van der Waals surface area contributed by atoms with E-state index in [-0.39, 0.29) is 10.6 Å². The fourth-order valence-electron chi connectivity index (χ4n) is 2.12. The van der Waals surface area contributed by atoms with Crippen LogP contribution < -0.4 is 5.32 Å². The molecule has 7 heteroatoms. The summed E-state index contributed by atoms with van der Waals surface area (Å²) in [5.74, 6) is 0. The molecular formula is C14H10BrN3O2S. The summed E-state index contributed by atoms with van der Waals surface area (Å²) in [7, 11) is 0. The lowest BCUT2D eigenvalue weighted by atomic mass is 10.1. The van der Waals surface area contributed by atoms with Crippen molar-refractivity contribution in [1.29, 1.82) is 0 Å². The Morgan fingerprint density at radius 1 is 1.33 bits per heavy atom. The zero-order chi connectivity index (χ0) is 14.8. The monoisotopic (exact) mass is 363 g/mol. The Labute approximate surface area is 132 Å². The van der Waals surface area contributed by atoms with Gasteiger partial charge in [0.15, 0.2) is 0 Å². The fourth-order valence-corrected chi connectivity index (χ4v) is 3.51. The number of rotatable bonds is 4. The van der Waals surface area contributed by atoms with E-state index in [0.717, 1.165) is 15.5 Å². The van der Waals surface area contributed by atoms with Crippen molar-refractivity contribution < 1.29 is 4.92 Å². The SMILES string of the molecule is O=[N+]([O-])c1ccc(NCc2cc(Br)cs2)c2cnccc12. The van der Waals surface area contributed by atoms with Crippen LogP contribution in [0.15, 0.2) is 46.5 Å². The number of nitro benzene ring substituents is 1. The Balaban J connectivity index is 1.96. The van der Waals surface area contributed by atoms with Gasteiger partial charge in [-0.1, -0.05) is 0 Å². The Hall–Kier alpha value is -1.99. The van der Waals surface area contributed by atoms with Crippen molar-refractivity contribution in [1.82, 2.24) is 4.98 Å². The van der Waals surface area contributed by atoms with Gasteiger partial charge in [0.1, 0.15) is 0 Å². The van der Waals surface area contributed by atoms with Gasteiger partial charge < -0.3 is 5.32 Å². The van der Waals surface area contributed by atoms with Gasteiger partial charge in [0, 0.05) is 50.8 Å². The van der Waals surface area contributed by atoms with E-state index in [9.17, 15) is 10.1 Å². The van der Waals surface area contributed by atoms with Crippen LogP contribution in [0.25, 0.3) is 10.8 Å². The average molecular weight is 364 g/mol. The summed E-state index contributed by atoms with van der Waals surface area (Å²) < 4.78 is 1.06. The van der Waals surface area contributed by atoms with Crippen LogP contribution >= 0.6 is 27.3 Å². The minimum Gasteiger partial charge on any atom is -0.380 e. The van der Waals surface area contributed by atoms with Gasteiger partial charge in [0.25, 0.3) is 5.69 Å². The minimum absolute atomic E-state index is 0.0943. The largest absolute Gasteiger partial charge is 0.380 e. The van der Waals surface area contributed by atoms with E-state index in [1.165, 1.54) is 10.9 Å². The first kappa shape index (κ1) is 14.0. The van der Waals surface area contributed by atoms with Crippen molar-refractivity contribution in [2.75, 3.05) is 5.32 Å². The lowest BCUT2D eigenvalue weighted by Gasteiger charge is -2.08. The average Bonchev–Trinajstić information content (AvgIpc) is 2.90. The van der Waals surface area contributed by atoms with Gasteiger partial charge in [-0.3, -0.25) is 15.1 Å². The molecule has 0 amide bonds. The molecule has 1 aromatic carbocycles. The van der Waals surface area contributed by atoms with Crippen LogP contribution in [-0.2, 0) is 6.54 Å². The van der Waals surface area contributed by atoms with E-state index < -0.39 is 0 Å². The summed E-state index contributed by atoms with van der Waals surface area (Å²) >= 11 is 5.07. The van der Waals surface area contributed by atoms with Crippen molar-refractivity contribution in [2.45, 2.75) is 6.54 Å². The second-order valence-corrected chi connectivity index (χ2v) is 6.31. The Morgan fingerprint density at radius 2 is 2.19 bits per heavy atom. The number of hydrogen-bond donors (Lipinski definition) is 1. The molecule has 106 valence electrons. The zero-order valence-electron chi connectivity index (χ0n) is 10.7. The van der Waals surface area contributed by atoms with Crippen LogP contribution in [0.1, 0.15) is 4.88 Å². The summed E-state index contributed by atoms with van der Waals surface area (Å²) in [6.07, 6.45) is 3.21. The van der Waals surface area contributed by atoms with Gasteiger partial charge in [0.05, 0.1) is 10.3 Å². The summed E-state index contributed by atoms with van der Waals surface area (Å²) in [6, 6.07) is 6.96. The summed E-state index contributed by atoms with van der Waals surface area (Å²) in [4.78, 5) is 15.9. The highest BCUT2D eigenvalue weighted by Gasteiger charge is 2.14. The van der Waals surface area contributed by atoms with E-state index in [4.69, 9.17) is 0 Å². The summed E-state index contributed by atoms with van der Waals surface area (Å²) in [6.45, 7) is 0.665. The first-order chi connectivity index (χ1) is 10.1. The number of fused-ring (bicyclic) bond motifs is 1. The molecule has 0 unspecified atom stereocenters. The van der Waals surface area contributed by atoms with Gasteiger partial charge >= 0.3 is 0 Å². The molecule has 0 fully saturated rings. The number of anilines is 1. The standard InChI is InChI=1S/C14H10BrN3O2S/c15-9-5-10(21-8-9)6-17-13-1-2-14(18(19)20)11-3-4-16-7-12(11)13/h1-5,7-8,17H,6H2. The van der Waals surface area contributed by atoms with Crippen molar-refractivity contribution >= 4 is 49.4 Å². The maximum Gasteiger partial charge on any atom is 0.277 e. The number of nitrogens with one attached hydrogen (secondary N) is 1. The number of benzene rings is 1. The number of nitrogens with zero attached hydrogens (tertiary/aromatic N) is 2. The first-order valence-corrected chi connectivity index (χ1v) is 7.80. The van der Waals surface area contributed by atoms with E-state index in [0.29, 0.717) is 11.9 Å². The number of aromatic nitrogens is 1. The molecule has 5 nitrogen and oxygen atoms in total. The Kier molecular flexibility index (Phi) is 3.85. The van der Waals surface area contributed by atoms with Gasteiger partial charge in [-0.25, -0.2) is 0 Å². The number of thiophene rings is 1. The van der Waals surface area contributed by atoms with Gasteiger partial charge in [-0.2, -0.15) is 0 Å². The molecule has 3 aromatic rings. The predicted octanol–water partition coefficient (Wildman–Crippen LogP) is 4.58. The molecule has 3 rings (SSSR count). The van der Waals surface area contributed by atoms with Crippen LogP contribution in [0.2, 0.25) is 0 Å². The number of halogens is 1. The number of non-ortho nitro benzene ring substituents is 1. The van der Waals surface area contributed by atoms with Gasteiger partial charge in [-0.05, 0) is 34.1 Å². The van der Waals surface area contributed by atoms with Crippen molar-refractivity contribution in [3.05, 3.63) is 61.5 Å². The second-order valence-electron chi connectivity index (χ2n) is 4.40. The van der Waals surface area contributed by atoms with Gasteiger partial charge in [-0.15, -0.1) is 11.3 Å². The molecule has 0 atom stereocenters. The highest BCUT2D eigenvalue weighted by Crippen LogP contribution is 2.31. The molecule has 0 aliphatic carbocycles.